The van der Waals surface area contributed by atoms with E-state index in [0.717, 1.165) is 18.7 Å². The summed E-state index contributed by atoms with van der Waals surface area (Å²) in [6.07, 6.45) is 3.03. The Kier molecular flexibility index (Phi) is 2.50. The largest absolute Gasteiger partial charge is 0.319 e. The number of nitrogens with one attached hydrogen (secondary N) is 1. The predicted molar refractivity (Wildman–Crippen MR) is 57.6 cm³/mol. The molecule has 0 aliphatic carbocycles. The molecule has 0 amide bonds. The van der Waals surface area contributed by atoms with Gasteiger partial charge in [0.2, 0.25) is 0 Å². The fraction of sp³-hybridized carbons (Fsp3) is 0.364. The number of likely N-dealkylation sites (N-methyl/N-ethyl adjacent to an activating group) is 1. The van der Waals surface area contributed by atoms with Crippen molar-refractivity contribution in [2.75, 3.05) is 13.6 Å². The van der Waals surface area contributed by atoms with E-state index in [9.17, 15) is 0 Å². The number of rotatable bonds is 3. The number of fused-ring (bicyclic) bond motifs is 1. The quantitative estimate of drug-likeness (QED) is 0.791. The van der Waals surface area contributed by atoms with Gasteiger partial charge in [-0.05, 0) is 39.1 Å². The SMILES string of the molecule is CNCCc1c(C)nn2ccccc12. The molecule has 0 saturated carbocycles. The topological polar surface area (TPSA) is 29.3 Å². The van der Waals surface area contributed by atoms with Crippen LogP contribution in [0.1, 0.15) is 11.3 Å². The van der Waals surface area contributed by atoms with Crippen molar-refractivity contribution < 1.29 is 0 Å². The maximum atomic E-state index is 4.45. The summed E-state index contributed by atoms with van der Waals surface area (Å²) in [6, 6.07) is 6.17. The zero-order chi connectivity index (χ0) is 9.97. The van der Waals surface area contributed by atoms with E-state index in [0.29, 0.717) is 0 Å². The van der Waals surface area contributed by atoms with Crippen LogP contribution in [0.5, 0.6) is 0 Å². The highest BCUT2D eigenvalue weighted by molar-refractivity contribution is 5.56. The van der Waals surface area contributed by atoms with Crippen molar-refractivity contribution in [3.8, 4) is 0 Å². The van der Waals surface area contributed by atoms with E-state index in [-0.39, 0.29) is 0 Å². The number of nitrogens with zero attached hydrogens (tertiary/aromatic N) is 2. The zero-order valence-corrected chi connectivity index (χ0v) is 8.62. The van der Waals surface area contributed by atoms with Crippen LogP contribution in [0.2, 0.25) is 0 Å². The molecular formula is C11H15N3. The zero-order valence-electron chi connectivity index (χ0n) is 8.62. The van der Waals surface area contributed by atoms with Crippen molar-refractivity contribution in [2.24, 2.45) is 0 Å². The van der Waals surface area contributed by atoms with Crippen LogP contribution in [0.25, 0.3) is 5.52 Å². The van der Waals surface area contributed by atoms with Gasteiger partial charge in [-0.15, -0.1) is 0 Å². The summed E-state index contributed by atoms with van der Waals surface area (Å²) in [5, 5.41) is 7.62. The molecule has 2 aromatic rings. The monoisotopic (exact) mass is 189 g/mol. The second-order valence-corrected chi connectivity index (χ2v) is 3.45. The van der Waals surface area contributed by atoms with Gasteiger partial charge >= 0.3 is 0 Å². The summed E-state index contributed by atoms with van der Waals surface area (Å²) in [5.74, 6) is 0. The Morgan fingerprint density at radius 2 is 2.29 bits per heavy atom. The Morgan fingerprint density at radius 3 is 3.07 bits per heavy atom. The van der Waals surface area contributed by atoms with Crippen molar-refractivity contribution in [2.45, 2.75) is 13.3 Å². The molecule has 74 valence electrons. The minimum Gasteiger partial charge on any atom is -0.319 e. The summed E-state index contributed by atoms with van der Waals surface area (Å²) < 4.78 is 1.94. The lowest BCUT2D eigenvalue weighted by Crippen LogP contribution is -2.10. The molecule has 0 spiro atoms. The molecule has 2 rings (SSSR count). The fourth-order valence-corrected chi connectivity index (χ4v) is 1.73. The van der Waals surface area contributed by atoms with Crippen molar-refractivity contribution >= 4 is 5.52 Å². The molecule has 14 heavy (non-hydrogen) atoms. The molecule has 3 heteroatoms. The molecule has 0 aromatic carbocycles. The Morgan fingerprint density at radius 1 is 1.43 bits per heavy atom. The van der Waals surface area contributed by atoms with E-state index in [1.165, 1.54) is 11.1 Å². The maximum absolute atomic E-state index is 4.45. The van der Waals surface area contributed by atoms with Gasteiger partial charge in [0.15, 0.2) is 0 Å². The molecule has 1 N–H and O–H groups in total. The average molecular weight is 189 g/mol. The summed E-state index contributed by atoms with van der Waals surface area (Å²) >= 11 is 0. The lowest BCUT2D eigenvalue weighted by Gasteiger charge is -1.99. The number of aryl methyl sites for hydroxylation is 1. The van der Waals surface area contributed by atoms with Crippen LogP contribution in [0.15, 0.2) is 24.4 Å². The first-order valence-electron chi connectivity index (χ1n) is 4.90. The third kappa shape index (κ3) is 1.51. The fourth-order valence-electron chi connectivity index (χ4n) is 1.73. The Balaban J connectivity index is 2.45. The number of hydrogen-bond donors (Lipinski definition) is 1. The highest BCUT2D eigenvalue weighted by Crippen LogP contribution is 2.14. The lowest BCUT2D eigenvalue weighted by atomic mass is 10.1. The van der Waals surface area contributed by atoms with Gasteiger partial charge in [-0.1, -0.05) is 6.07 Å². The molecule has 0 bridgehead atoms. The van der Waals surface area contributed by atoms with Crippen LogP contribution in [-0.2, 0) is 6.42 Å². The smallest absolute Gasteiger partial charge is 0.0696 e. The first kappa shape index (κ1) is 9.21. The second-order valence-electron chi connectivity index (χ2n) is 3.45. The van der Waals surface area contributed by atoms with Crippen LogP contribution < -0.4 is 5.32 Å². The highest BCUT2D eigenvalue weighted by atomic mass is 15.2. The van der Waals surface area contributed by atoms with Crippen molar-refractivity contribution in [1.82, 2.24) is 14.9 Å². The van der Waals surface area contributed by atoms with Gasteiger partial charge in [-0.2, -0.15) is 5.10 Å². The molecule has 0 fully saturated rings. The summed E-state index contributed by atoms with van der Waals surface area (Å²) in [4.78, 5) is 0. The molecule has 0 radical (unpaired) electrons. The Labute approximate surface area is 83.7 Å². The van der Waals surface area contributed by atoms with Crippen molar-refractivity contribution in [3.05, 3.63) is 35.7 Å². The van der Waals surface area contributed by atoms with E-state index < -0.39 is 0 Å². The average Bonchev–Trinajstić information content (AvgIpc) is 2.51. The summed E-state index contributed by atoms with van der Waals surface area (Å²) in [5.41, 5.74) is 3.70. The normalized spacial score (nSPS) is 11.0. The van der Waals surface area contributed by atoms with E-state index >= 15 is 0 Å². The highest BCUT2D eigenvalue weighted by Gasteiger charge is 2.06. The molecule has 0 unspecified atom stereocenters. The minimum absolute atomic E-state index is 0.997. The van der Waals surface area contributed by atoms with Crippen molar-refractivity contribution in [3.63, 3.8) is 0 Å². The number of hydrogen-bond acceptors (Lipinski definition) is 2. The van der Waals surface area contributed by atoms with Crippen molar-refractivity contribution in [1.29, 1.82) is 0 Å². The third-order valence-electron chi connectivity index (χ3n) is 2.47. The van der Waals surface area contributed by atoms with Gasteiger partial charge in [0, 0.05) is 11.8 Å². The van der Waals surface area contributed by atoms with Gasteiger partial charge in [-0.3, -0.25) is 0 Å². The van der Waals surface area contributed by atoms with Gasteiger partial charge in [0.1, 0.15) is 0 Å². The Hall–Kier alpha value is -1.35. The van der Waals surface area contributed by atoms with Gasteiger partial charge in [0.05, 0.1) is 11.2 Å². The second kappa shape index (κ2) is 3.80. The maximum Gasteiger partial charge on any atom is 0.0696 e. The molecule has 0 aliphatic rings. The first-order valence-corrected chi connectivity index (χ1v) is 4.90. The molecule has 0 atom stereocenters. The summed E-state index contributed by atoms with van der Waals surface area (Å²) in [7, 11) is 1.97. The lowest BCUT2D eigenvalue weighted by molar-refractivity contribution is 0.791. The van der Waals surface area contributed by atoms with E-state index in [1.54, 1.807) is 0 Å². The molecule has 0 saturated heterocycles. The first-order chi connectivity index (χ1) is 6.83. The minimum atomic E-state index is 0.997. The van der Waals surface area contributed by atoms with Crippen LogP contribution >= 0.6 is 0 Å². The van der Waals surface area contributed by atoms with E-state index in [2.05, 4.69) is 29.5 Å². The third-order valence-corrected chi connectivity index (χ3v) is 2.47. The van der Waals surface area contributed by atoms with Crippen LogP contribution in [0.4, 0.5) is 0 Å². The number of pyridine rings is 1. The predicted octanol–water partition coefficient (Wildman–Crippen LogP) is 1.40. The van der Waals surface area contributed by atoms with Crippen LogP contribution in [0.3, 0.4) is 0 Å². The molecule has 0 aliphatic heterocycles. The Bertz CT molecular complexity index is 431. The summed E-state index contributed by atoms with van der Waals surface area (Å²) in [6.45, 7) is 3.06. The van der Waals surface area contributed by atoms with Gasteiger partial charge in [0.25, 0.3) is 0 Å². The van der Waals surface area contributed by atoms with E-state index in [4.69, 9.17) is 0 Å². The van der Waals surface area contributed by atoms with Crippen LogP contribution in [0, 0.1) is 6.92 Å². The molecule has 3 nitrogen and oxygen atoms in total. The van der Waals surface area contributed by atoms with Crippen LogP contribution in [-0.4, -0.2) is 23.2 Å². The molecular weight excluding hydrogens is 174 g/mol. The molecule has 2 aromatic heterocycles. The van der Waals surface area contributed by atoms with Gasteiger partial charge < -0.3 is 5.32 Å². The standard InChI is InChI=1S/C11H15N3/c1-9-10(6-7-12-2)11-5-3-4-8-14(11)13-9/h3-5,8,12H,6-7H2,1-2H3. The molecule has 2 heterocycles. The van der Waals surface area contributed by atoms with Gasteiger partial charge in [-0.25, -0.2) is 4.52 Å². The number of aromatic nitrogens is 2. The van der Waals surface area contributed by atoms with E-state index in [1.807, 2.05) is 23.8 Å².